The van der Waals surface area contributed by atoms with Crippen LogP contribution in [0.3, 0.4) is 0 Å². The second kappa shape index (κ2) is 5.19. The molecule has 1 saturated heterocycles. The molecule has 0 radical (unpaired) electrons. The van der Waals surface area contributed by atoms with E-state index in [1.54, 1.807) is 18.2 Å². The van der Waals surface area contributed by atoms with Gasteiger partial charge in [-0.05, 0) is 31.5 Å². The Morgan fingerprint density at radius 2 is 2.37 bits per heavy atom. The van der Waals surface area contributed by atoms with E-state index in [0.29, 0.717) is 24.3 Å². The minimum Gasteiger partial charge on any atom is -0.399 e. The van der Waals surface area contributed by atoms with Crippen molar-refractivity contribution in [3.63, 3.8) is 0 Å². The van der Waals surface area contributed by atoms with Crippen LogP contribution in [0.25, 0.3) is 0 Å². The standard InChI is InChI=1S/C14H20N2O3/c1-9-3-4-11(15)7-12(9)13(17)16-8-14(18)5-6-19-10(14)2/h3-4,7,10,18H,5-6,8,15H2,1-2H3,(H,16,17). The van der Waals surface area contributed by atoms with Gasteiger partial charge in [-0.25, -0.2) is 0 Å². The third-order valence-electron chi connectivity index (χ3n) is 3.72. The molecule has 4 N–H and O–H groups in total. The van der Waals surface area contributed by atoms with E-state index >= 15 is 0 Å². The van der Waals surface area contributed by atoms with Crippen LogP contribution >= 0.6 is 0 Å². The lowest BCUT2D eigenvalue weighted by molar-refractivity contribution is -0.0251. The highest BCUT2D eigenvalue weighted by molar-refractivity contribution is 5.96. The summed E-state index contributed by atoms with van der Waals surface area (Å²) in [6, 6.07) is 5.20. The van der Waals surface area contributed by atoms with Gasteiger partial charge in [0.1, 0.15) is 5.60 Å². The fourth-order valence-corrected chi connectivity index (χ4v) is 2.22. The molecule has 1 heterocycles. The fraction of sp³-hybridized carbons (Fsp3) is 0.500. The SMILES string of the molecule is Cc1ccc(N)cc1C(=O)NCC1(O)CCOC1C. The van der Waals surface area contributed by atoms with Crippen LogP contribution < -0.4 is 11.1 Å². The van der Waals surface area contributed by atoms with Crippen LogP contribution in [0.1, 0.15) is 29.3 Å². The van der Waals surface area contributed by atoms with Gasteiger partial charge < -0.3 is 20.9 Å². The van der Waals surface area contributed by atoms with Crippen molar-refractivity contribution in [3.8, 4) is 0 Å². The number of aliphatic hydroxyl groups is 1. The summed E-state index contributed by atoms with van der Waals surface area (Å²) >= 11 is 0. The molecule has 104 valence electrons. The van der Waals surface area contributed by atoms with E-state index in [0.717, 1.165) is 5.56 Å². The Labute approximate surface area is 112 Å². The molecule has 1 fully saturated rings. The van der Waals surface area contributed by atoms with Crippen LogP contribution in [-0.4, -0.2) is 35.9 Å². The zero-order chi connectivity index (χ0) is 14.0. The van der Waals surface area contributed by atoms with Crippen molar-refractivity contribution < 1.29 is 14.6 Å². The molecule has 19 heavy (non-hydrogen) atoms. The van der Waals surface area contributed by atoms with Crippen LogP contribution in [0.4, 0.5) is 5.69 Å². The molecule has 0 spiro atoms. The number of benzene rings is 1. The normalized spacial score (nSPS) is 26.4. The van der Waals surface area contributed by atoms with Gasteiger partial charge in [-0.1, -0.05) is 6.07 Å². The van der Waals surface area contributed by atoms with Crippen molar-refractivity contribution in [2.75, 3.05) is 18.9 Å². The number of anilines is 1. The van der Waals surface area contributed by atoms with Crippen LogP contribution in [0, 0.1) is 6.92 Å². The number of hydrogen-bond donors (Lipinski definition) is 3. The van der Waals surface area contributed by atoms with Crippen molar-refractivity contribution in [2.24, 2.45) is 0 Å². The number of ether oxygens (including phenoxy) is 1. The Morgan fingerprint density at radius 1 is 1.63 bits per heavy atom. The summed E-state index contributed by atoms with van der Waals surface area (Å²) in [5, 5.41) is 13.1. The van der Waals surface area contributed by atoms with Gasteiger partial charge in [0.25, 0.3) is 5.91 Å². The molecule has 0 bridgehead atoms. The van der Waals surface area contributed by atoms with Crippen LogP contribution in [-0.2, 0) is 4.74 Å². The first kappa shape index (κ1) is 13.8. The molecule has 1 aliphatic rings. The Hall–Kier alpha value is -1.59. The van der Waals surface area contributed by atoms with Crippen LogP contribution in [0.2, 0.25) is 0 Å². The molecular weight excluding hydrogens is 244 g/mol. The predicted octanol–water partition coefficient (Wildman–Crippen LogP) is 0.847. The molecule has 2 atom stereocenters. The van der Waals surface area contributed by atoms with E-state index < -0.39 is 5.60 Å². The molecule has 2 rings (SSSR count). The van der Waals surface area contributed by atoms with Gasteiger partial charge in [0.15, 0.2) is 0 Å². The third kappa shape index (κ3) is 2.88. The molecule has 0 aliphatic carbocycles. The highest BCUT2D eigenvalue weighted by Gasteiger charge is 2.39. The molecular formula is C14H20N2O3. The summed E-state index contributed by atoms with van der Waals surface area (Å²) in [6.45, 7) is 4.36. The van der Waals surface area contributed by atoms with Gasteiger partial charge >= 0.3 is 0 Å². The monoisotopic (exact) mass is 264 g/mol. The second-order valence-electron chi connectivity index (χ2n) is 5.12. The summed E-state index contributed by atoms with van der Waals surface area (Å²) in [6.07, 6.45) is 0.263. The predicted molar refractivity (Wildman–Crippen MR) is 72.9 cm³/mol. The fourth-order valence-electron chi connectivity index (χ4n) is 2.22. The zero-order valence-electron chi connectivity index (χ0n) is 11.3. The van der Waals surface area contributed by atoms with Crippen molar-refractivity contribution in [1.82, 2.24) is 5.32 Å². The second-order valence-corrected chi connectivity index (χ2v) is 5.12. The summed E-state index contributed by atoms with van der Waals surface area (Å²) in [7, 11) is 0. The molecule has 2 unspecified atom stereocenters. The van der Waals surface area contributed by atoms with E-state index in [1.165, 1.54) is 0 Å². The van der Waals surface area contributed by atoms with Crippen LogP contribution in [0.15, 0.2) is 18.2 Å². The molecule has 1 aromatic rings. The molecule has 5 heteroatoms. The van der Waals surface area contributed by atoms with Crippen molar-refractivity contribution in [3.05, 3.63) is 29.3 Å². The highest BCUT2D eigenvalue weighted by atomic mass is 16.5. The zero-order valence-corrected chi connectivity index (χ0v) is 11.3. The Morgan fingerprint density at radius 3 is 3.00 bits per heavy atom. The highest BCUT2D eigenvalue weighted by Crippen LogP contribution is 2.25. The van der Waals surface area contributed by atoms with Gasteiger partial charge in [-0.3, -0.25) is 4.79 Å². The number of carbonyl (C=O) groups excluding carboxylic acids is 1. The first-order valence-corrected chi connectivity index (χ1v) is 6.41. The smallest absolute Gasteiger partial charge is 0.251 e. The van der Waals surface area contributed by atoms with Crippen molar-refractivity contribution in [1.29, 1.82) is 0 Å². The Kier molecular flexibility index (Phi) is 3.78. The minimum atomic E-state index is -0.982. The van der Waals surface area contributed by atoms with Gasteiger partial charge in [-0.2, -0.15) is 0 Å². The number of rotatable bonds is 3. The average molecular weight is 264 g/mol. The third-order valence-corrected chi connectivity index (χ3v) is 3.72. The summed E-state index contributed by atoms with van der Waals surface area (Å²) in [5.74, 6) is -0.225. The maximum Gasteiger partial charge on any atom is 0.251 e. The van der Waals surface area contributed by atoms with Gasteiger partial charge in [0.05, 0.1) is 6.10 Å². The van der Waals surface area contributed by atoms with Gasteiger partial charge in [0, 0.05) is 30.8 Å². The largest absolute Gasteiger partial charge is 0.399 e. The van der Waals surface area contributed by atoms with E-state index in [2.05, 4.69) is 5.32 Å². The molecule has 0 saturated carbocycles. The maximum absolute atomic E-state index is 12.1. The lowest BCUT2D eigenvalue weighted by Gasteiger charge is -2.26. The molecule has 1 amide bonds. The number of carbonyl (C=O) groups is 1. The molecule has 1 aromatic carbocycles. The number of aryl methyl sites for hydroxylation is 1. The lowest BCUT2D eigenvalue weighted by atomic mass is 9.96. The topological polar surface area (TPSA) is 84.6 Å². The number of hydrogen-bond acceptors (Lipinski definition) is 4. The van der Waals surface area contributed by atoms with Crippen molar-refractivity contribution >= 4 is 11.6 Å². The average Bonchev–Trinajstić information content (AvgIpc) is 2.70. The van der Waals surface area contributed by atoms with Gasteiger partial charge in [-0.15, -0.1) is 0 Å². The summed E-state index contributed by atoms with van der Waals surface area (Å²) < 4.78 is 5.33. The van der Waals surface area contributed by atoms with Gasteiger partial charge in [0.2, 0.25) is 0 Å². The van der Waals surface area contributed by atoms with E-state index in [1.807, 2.05) is 13.8 Å². The number of amides is 1. The molecule has 5 nitrogen and oxygen atoms in total. The minimum absolute atomic E-state index is 0.182. The number of nitrogens with two attached hydrogens (primary N) is 1. The van der Waals surface area contributed by atoms with E-state index in [-0.39, 0.29) is 18.6 Å². The summed E-state index contributed by atoms with van der Waals surface area (Å²) in [5.41, 5.74) is 6.64. The first-order valence-electron chi connectivity index (χ1n) is 6.41. The quantitative estimate of drug-likeness (QED) is 0.706. The number of nitrogen functional groups attached to an aromatic ring is 1. The summed E-state index contributed by atoms with van der Waals surface area (Å²) in [4.78, 5) is 12.1. The number of nitrogens with one attached hydrogen (secondary N) is 1. The first-order chi connectivity index (χ1) is 8.92. The van der Waals surface area contributed by atoms with E-state index in [4.69, 9.17) is 10.5 Å². The van der Waals surface area contributed by atoms with Crippen molar-refractivity contribution in [2.45, 2.75) is 32.0 Å². The Balaban J connectivity index is 2.03. The van der Waals surface area contributed by atoms with E-state index in [9.17, 15) is 9.90 Å². The lowest BCUT2D eigenvalue weighted by Crippen LogP contribution is -2.47. The molecule has 1 aliphatic heterocycles. The molecule has 0 aromatic heterocycles. The maximum atomic E-state index is 12.1. The Bertz CT molecular complexity index is 490. The van der Waals surface area contributed by atoms with Crippen LogP contribution in [0.5, 0.6) is 0 Å².